The zero-order valence-corrected chi connectivity index (χ0v) is 16.0. The number of piperidine rings is 1. The van der Waals surface area contributed by atoms with Crippen molar-refractivity contribution in [3.63, 3.8) is 0 Å². The number of nitrogens with zero attached hydrogens (tertiary/aromatic N) is 1. The zero-order chi connectivity index (χ0) is 18.4. The average Bonchev–Trinajstić information content (AvgIpc) is 3.19. The summed E-state index contributed by atoms with van der Waals surface area (Å²) in [6, 6.07) is 11.2. The lowest BCUT2D eigenvalue weighted by Crippen LogP contribution is -2.42. The summed E-state index contributed by atoms with van der Waals surface area (Å²) >= 11 is 7.80. The summed E-state index contributed by atoms with van der Waals surface area (Å²) < 4.78 is 0. The molecule has 0 spiro atoms. The van der Waals surface area contributed by atoms with Gasteiger partial charge >= 0.3 is 11.8 Å². The van der Waals surface area contributed by atoms with Crippen molar-refractivity contribution >= 4 is 40.4 Å². The van der Waals surface area contributed by atoms with Crippen LogP contribution in [-0.2, 0) is 9.59 Å². The van der Waals surface area contributed by atoms with Gasteiger partial charge in [-0.25, -0.2) is 0 Å². The molecule has 7 heteroatoms. The Labute approximate surface area is 162 Å². The Morgan fingerprint density at radius 1 is 1.12 bits per heavy atom. The van der Waals surface area contributed by atoms with Crippen LogP contribution in [0.15, 0.2) is 41.8 Å². The molecule has 1 aromatic carbocycles. The predicted octanol–water partition coefficient (Wildman–Crippen LogP) is 3.34. The van der Waals surface area contributed by atoms with Crippen LogP contribution in [-0.4, -0.2) is 42.9 Å². The first kappa shape index (κ1) is 18.9. The molecule has 1 aromatic heterocycles. The van der Waals surface area contributed by atoms with E-state index in [0.29, 0.717) is 23.2 Å². The third-order valence-electron chi connectivity index (χ3n) is 4.58. The highest BCUT2D eigenvalue weighted by atomic mass is 35.5. The van der Waals surface area contributed by atoms with Crippen molar-refractivity contribution in [1.82, 2.24) is 10.2 Å². The molecule has 1 aliphatic rings. The fourth-order valence-electron chi connectivity index (χ4n) is 3.11. The summed E-state index contributed by atoms with van der Waals surface area (Å²) in [6.45, 7) is 3.25. The largest absolute Gasteiger partial charge is 0.347 e. The number of anilines is 1. The van der Waals surface area contributed by atoms with E-state index in [1.807, 2.05) is 11.3 Å². The molecule has 5 nitrogen and oxygen atoms in total. The van der Waals surface area contributed by atoms with Crippen LogP contribution in [0.25, 0.3) is 0 Å². The van der Waals surface area contributed by atoms with E-state index in [1.165, 1.54) is 4.88 Å². The molecule has 0 bridgehead atoms. The molecule has 0 unspecified atom stereocenters. The highest BCUT2D eigenvalue weighted by Gasteiger charge is 2.21. The molecule has 0 atom stereocenters. The minimum Gasteiger partial charge on any atom is -0.347 e. The molecule has 0 radical (unpaired) electrons. The Hall–Kier alpha value is -1.89. The molecule has 138 valence electrons. The number of hydrogen-bond donors (Lipinski definition) is 2. The average molecular weight is 392 g/mol. The molecule has 3 rings (SSSR count). The van der Waals surface area contributed by atoms with E-state index in [9.17, 15) is 9.59 Å². The summed E-state index contributed by atoms with van der Waals surface area (Å²) in [4.78, 5) is 27.6. The van der Waals surface area contributed by atoms with Crippen molar-refractivity contribution in [3.8, 4) is 0 Å². The van der Waals surface area contributed by atoms with E-state index < -0.39 is 11.8 Å². The van der Waals surface area contributed by atoms with Crippen LogP contribution in [0, 0.1) is 0 Å². The lowest BCUT2D eigenvalue weighted by atomic mass is 9.95. The normalized spacial score (nSPS) is 15.6. The SMILES string of the molecule is O=C(NCCN1CCC(c2cccs2)CC1)C(=O)Nc1ccccc1Cl. The molecule has 1 fully saturated rings. The van der Waals surface area contributed by atoms with Crippen molar-refractivity contribution in [2.75, 3.05) is 31.5 Å². The van der Waals surface area contributed by atoms with Gasteiger partial charge in [0, 0.05) is 18.0 Å². The van der Waals surface area contributed by atoms with Crippen LogP contribution < -0.4 is 10.6 Å². The number of nitrogens with one attached hydrogen (secondary N) is 2. The lowest BCUT2D eigenvalue weighted by molar-refractivity contribution is -0.136. The van der Waals surface area contributed by atoms with E-state index in [0.717, 1.165) is 32.5 Å². The highest BCUT2D eigenvalue weighted by Crippen LogP contribution is 2.30. The first-order chi connectivity index (χ1) is 12.6. The van der Waals surface area contributed by atoms with Crippen molar-refractivity contribution in [2.45, 2.75) is 18.8 Å². The maximum absolute atomic E-state index is 11.9. The van der Waals surface area contributed by atoms with Crippen molar-refractivity contribution in [3.05, 3.63) is 51.7 Å². The number of para-hydroxylation sites is 1. The third kappa shape index (κ3) is 5.06. The second kappa shape index (κ2) is 9.16. The van der Waals surface area contributed by atoms with Gasteiger partial charge in [-0.1, -0.05) is 29.8 Å². The molecule has 2 aromatic rings. The molecule has 1 aliphatic heterocycles. The van der Waals surface area contributed by atoms with Crippen LogP contribution in [0.3, 0.4) is 0 Å². The smallest absolute Gasteiger partial charge is 0.313 e. The molecular formula is C19H22ClN3O2S. The number of rotatable bonds is 5. The van der Waals surface area contributed by atoms with Gasteiger partial charge in [-0.2, -0.15) is 0 Å². The number of likely N-dealkylation sites (tertiary alicyclic amines) is 1. The molecule has 1 saturated heterocycles. The second-order valence-corrected chi connectivity index (χ2v) is 7.71. The first-order valence-electron chi connectivity index (χ1n) is 8.73. The van der Waals surface area contributed by atoms with Crippen LogP contribution in [0.5, 0.6) is 0 Å². The van der Waals surface area contributed by atoms with E-state index in [-0.39, 0.29) is 0 Å². The van der Waals surface area contributed by atoms with Crippen LogP contribution in [0.2, 0.25) is 5.02 Å². The number of hydrogen-bond acceptors (Lipinski definition) is 4. The Balaban J connectivity index is 1.36. The summed E-state index contributed by atoms with van der Waals surface area (Å²) in [7, 11) is 0. The number of carbonyl (C=O) groups excluding carboxylic acids is 2. The summed E-state index contributed by atoms with van der Waals surface area (Å²) in [6.07, 6.45) is 2.28. The molecular weight excluding hydrogens is 370 g/mol. The minimum atomic E-state index is -0.700. The van der Waals surface area contributed by atoms with Gasteiger partial charge < -0.3 is 15.5 Å². The standard InChI is InChI=1S/C19H22ClN3O2S/c20-15-4-1-2-5-16(15)22-19(25)18(24)21-9-12-23-10-7-14(8-11-23)17-6-3-13-26-17/h1-6,13-14H,7-12H2,(H,21,24)(H,22,25). The number of carbonyl (C=O) groups is 2. The quantitative estimate of drug-likeness (QED) is 0.768. The van der Waals surface area contributed by atoms with Crippen LogP contribution >= 0.6 is 22.9 Å². The van der Waals surface area contributed by atoms with E-state index in [2.05, 4.69) is 33.0 Å². The van der Waals surface area contributed by atoms with Crippen LogP contribution in [0.1, 0.15) is 23.6 Å². The predicted molar refractivity (Wildman–Crippen MR) is 106 cm³/mol. The topological polar surface area (TPSA) is 61.4 Å². The van der Waals surface area contributed by atoms with E-state index in [1.54, 1.807) is 24.3 Å². The first-order valence-corrected chi connectivity index (χ1v) is 9.98. The van der Waals surface area contributed by atoms with Crippen LogP contribution in [0.4, 0.5) is 5.69 Å². The Morgan fingerprint density at radius 3 is 2.58 bits per heavy atom. The Morgan fingerprint density at radius 2 is 1.88 bits per heavy atom. The molecule has 2 N–H and O–H groups in total. The fraction of sp³-hybridized carbons (Fsp3) is 0.368. The molecule has 26 heavy (non-hydrogen) atoms. The van der Waals surface area contributed by atoms with Crippen molar-refractivity contribution in [1.29, 1.82) is 0 Å². The maximum Gasteiger partial charge on any atom is 0.313 e. The minimum absolute atomic E-state index is 0.405. The fourth-order valence-corrected chi connectivity index (χ4v) is 4.20. The van der Waals surface area contributed by atoms with Gasteiger partial charge in [-0.15, -0.1) is 11.3 Å². The lowest BCUT2D eigenvalue weighted by Gasteiger charge is -2.31. The van der Waals surface area contributed by atoms with Gasteiger partial charge in [0.1, 0.15) is 0 Å². The van der Waals surface area contributed by atoms with Gasteiger partial charge in [-0.3, -0.25) is 9.59 Å². The maximum atomic E-state index is 11.9. The van der Waals surface area contributed by atoms with Crippen molar-refractivity contribution in [2.24, 2.45) is 0 Å². The number of amides is 2. The Kier molecular flexibility index (Phi) is 6.66. The van der Waals surface area contributed by atoms with E-state index in [4.69, 9.17) is 11.6 Å². The summed E-state index contributed by atoms with van der Waals surface area (Å²) in [5, 5.41) is 7.73. The van der Waals surface area contributed by atoms with Gasteiger partial charge in [0.05, 0.1) is 10.7 Å². The van der Waals surface area contributed by atoms with Gasteiger partial charge in [0.25, 0.3) is 0 Å². The number of benzene rings is 1. The van der Waals surface area contributed by atoms with Gasteiger partial charge in [0.2, 0.25) is 0 Å². The van der Waals surface area contributed by atoms with Gasteiger partial charge in [-0.05, 0) is 55.4 Å². The van der Waals surface area contributed by atoms with Crippen molar-refractivity contribution < 1.29 is 9.59 Å². The molecule has 2 heterocycles. The molecule has 0 aliphatic carbocycles. The summed E-state index contributed by atoms with van der Waals surface area (Å²) in [5.74, 6) is -0.685. The summed E-state index contributed by atoms with van der Waals surface area (Å²) in [5.41, 5.74) is 0.435. The molecule has 0 saturated carbocycles. The highest BCUT2D eigenvalue weighted by molar-refractivity contribution is 7.10. The van der Waals surface area contributed by atoms with Gasteiger partial charge in [0.15, 0.2) is 0 Å². The zero-order valence-electron chi connectivity index (χ0n) is 14.4. The molecule has 2 amide bonds. The monoisotopic (exact) mass is 391 g/mol. The van der Waals surface area contributed by atoms with E-state index >= 15 is 0 Å². The second-order valence-electron chi connectivity index (χ2n) is 6.32. The Bertz CT molecular complexity index is 743. The number of halogens is 1. The number of thiophene rings is 1. The third-order valence-corrected chi connectivity index (χ3v) is 5.94.